The fourth-order valence-corrected chi connectivity index (χ4v) is 4.70. The normalized spacial score (nSPS) is 21.1. The van der Waals surface area contributed by atoms with Crippen LogP contribution in [0, 0.1) is 5.82 Å². The summed E-state index contributed by atoms with van der Waals surface area (Å²) in [6.45, 7) is 0. The molecule has 3 amide bonds. The second-order valence-corrected chi connectivity index (χ2v) is 8.94. The van der Waals surface area contributed by atoms with E-state index in [9.17, 15) is 27.2 Å². The van der Waals surface area contributed by atoms with Crippen LogP contribution in [-0.4, -0.2) is 29.1 Å². The molecular formula is C25H18F4N4O4. The average Bonchev–Trinajstić information content (AvgIpc) is 3.34. The zero-order valence-electron chi connectivity index (χ0n) is 18.9. The lowest BCUT2D eigenvalue weighted by molar-refractivity contribution is -0.137. The number of ether oxygens (including phenoxy) is 2. The predicted octanol–water partition coefficient (Wildman–Crippen LogP) is 4.97. The van der Waals surface area contributed by atoms with Crippen LogP contribution in [0.15, 0.2) is 48.7 Å². The maximum atomic E-state index is 13.6. The van der Waals surface area contributed by atoms with Gasteiger partial charge in [-0.3, -0.25) is 4.79 Å². The molecule has 3 N–H and O–H groups in total. The summed E-state index contributed by atoms with van der Waals surface area (Å²) in [5.74, 6) is 0.819. The van der Waals surface area contributed by atoms with Gasteiger partial charge in [0, 0.05) is 29.4 Å². The molecule has 6 rings (SSSR count). The Morgan fingerprint density at radius 1 is 1.14 bits per heavy atom. The highest BCUT2D eigenvalue weighted by Gasteiger charge is 2.59. The van der Waals surface area contributed by atoms with Crippen LogP contribution < -0.4 is 25.4 Å². The SMILES string of the molecule is O=C1CCc2c(Oc3ccc4c(c3)[C@H]3[C@@H](NC(=O)Nc5cc(F)cc(C(F)(F)F)c5)[C@H]3O4)ccnc2N1. The Balaban J connectivity index is 1.13. The Kier molecular flexibility index (Phi) is 5.21. The van der Waals surface area contributed by atoms with Crippen molar-refractivity contribution in [3.63, 3.8) is 0 Å². The summed E-state index contributed by atoms with van der Waals surface area (Å²) in [5, 5.41) is 7.64. The lowest BCUT2D eigenvalue weighted by atomic mass is 10.1. The maximum absolute atomic E-state index is 13.6. The molecule has 2 aromatic carbocycles. The molecule has 0 saturated heterocycles. The molecule has 1 aromatic heterocycles. The number of carbonyl (C=O) groups is 2. The highest BCUT2D eigenvalue weighted by atomic mass is 19.4. The third-order valence-electron chi connectivity index (χ3n) is 6.44. The molecule has 37 heavy (non-hydrogen) atoms. The van der Waals surface area contributed by atoms with Crippen LogP contribution in [0.5, 0.6) is 17.2 Å². The summed E-state index contributed by atoms with van der Waals surface area (Å²) in [6.07, 6.45) is -2.71. The Bertz CT molecular complexity index is 1440. The Hall–Kier alpha value is -4.35. The second-order valence-electron chi connectivity index (χ2n) is 8.94. The maximum Gasteiger partial charge on any atom is 0.416 e. The van der Waals surface area contributed by atoms with E-state index in [2.05, 4.69) is 20.9 Å². The van der Waals surface area contributed by atoms with E-state index < -0.39 is 29.6 Å². The quantitative estimate of drug-likeness (QED) is 0.427. The largest absolute Gasteiger partial charge is 0.487 e. The van der Waals surface area contributed by atoms with Gasteiger partial charge in [0.15, 0.2) is 0 Å². The van der Waals surface area contributed by atoms with Crippen LogP contribution >= 0.6 is 0 Å². The lowest BCUT2D eigenvalue weighted by Gasteiger charge is -2.19. The van der Waals surface area contributed by atoms with Crippen LogP contribution in [0.2, 0.25) is 0 Å². The highest BCUT2D eigenvalue weighted by Crippen LogP contribution is 2.54. The first-order valence-electron chi connectivity index (χ1n) is 11.4. The van der Waals surface area contributed by atoms with Crippen molar-refractivity contribution >= 4 is 23.4 Å². The highest BCUT2D eigenvalue weighted by molar-refractivity contribution is 5.93. The standard InChI is InChI=1S/C25H18F4N4O4/c26-12-7-11(25(27,28)29)8-13(9-12)31-24(35)33-21-20-16-10-14(1-3-17(16)37-22(20)21)36-18-5-6-30-23-15(18)2-4-19(34)32-23/h1,3,5-10,20-22H,2,4H2,(H,30,32,34)(H2,31,33,35)/t20-,21+,22-/m0/s1. The van der Waals surface area contributed by atoms with E-state index in [1.54, 1.807) is 30.5 Å². The van der Waals surface area contributed by atoms with E-state index in [1.807, 2.05) is 0 Å². The molecule has 0 spiro atoms. The average molecular weight is 514 g/mol. The van der Waals surface area contributed by atoms with Crippen molar-refractivity contribution in [2.24, 2.45) is 0 Å². The molecule has 1 fully saturated rings. The van der Waals surface area contributed by atoms with Gasteiger partial charge in [-0.25, -0.2) is 14.2 Å². The molecule has 2 aliphatic heterocycles. The van der Waals surface area contributed by atoms with E-state index in [4.69, 9.17) is 9.47 Å². The number of carbonyl (C=O) groups excluding carboxylic acids is 2. The summed E-state index contributed by atoms with van der Waals surface area (Å²) in [6, 6.07) is 7.65. The number of halogens is 4. The van der Waals surface area contributed by atoms with E-state index >= 15 is 0 Å². The van der Waals surface area contributed by atoms with Gasteiger partial charge >= 0.3 is 12.2 Å². The van der Waals surface area contributed by atoms with Crippen LogP contribution in [0.1, 0.15) is 29.0 Å². The number of amides is 3. The predicted molar refractivity (Wildman–Crippen MR) is 122 cm³/mol. The molecular weight excluding hydrogens is 496 g/mol. The van der Waals surface area contributed by atoms with Gasteiger partial charge in [0.25, 0.3) is 0 Å². The van der Waals surface area contributed by atoms with E-state index in [0.717, 1.165) is 17.2 Å². The second kappa shape index (κ2) is 8.36. The van der Waals surface area contributed by atoms with Gasteiger partial charge in [0.2, 0.25) is 5.91 Å². The van der Waals surface area contributed by atoms with Crippen LogP contribution in [-0.2, 0) is 17.4 Å². The van der Waals surface area contributed by atoms with E-state index in [-0.39, 0.29) is 23.6 Å². The first kappa shape index (κ1) is 23.1. The lowest BCUT2D eigenvalue weighted by Crippen LogP contribution is -2.34. The first-order valence-corrected chi connectivity index (χ1v) is 11.4. The van der Waals surface area contributed by atoms with Crippen LogP contribution in [0.25, 0.3) is 0 Å². The molecule has 3 aliphatic rings. The fourth-order valence-electron chi connectivity index (χ4n) is 4.70. The van der Waals surface area contributed by atoms with Gasteiger partial charge in [0.1, 0.15) is 35.0 Å². The van der Waals surface area contributed by atoms with Crippen molar-refractivity contribution in [2.45, 2.75) is 37.1 Å². The molecule has 0 bridgehead atoms. The van der Waals surface area contributed by atoms with Crippen molar-refractivity contribution in [3.05, 3.63) is 71.2 Å². The number of fused-ring (bicyclic) bond motifs is 4. The van der Waals surface area contributed by atoms with Gasteiger partial charge in [0.05, 0.1) is 17.5 Å². The number of rotatable bonds is 4. The number of nitrogens with one attached hydrogen (secondary N) is 3. The molecule has 3 heterocycles. The Labute approximate surface area is 207 Å². The minimum atomic E-state index is -4.75. The zero-order valence-corrected chi connectivity index (χ0v) is 18.9. The van der Waals surface area contributed by atoms with Gasteiger partial charge in [-0.1, -0.05) is 0 Å². The smallest absolute Gasteiger partial charge is 0.416 e. The summed E-state index contributed by atoms with van der Waals surface area (Å²) in [5.41, 5.74) is 0.0952. The number of alkyl halides is 3. The van der Waals surface area contributed by atoms with Gasteiger partial charge < -0.3 is 25.4 Å². The molecule has 1 aliphatic carbocycles. The van der Waals surface area contributed by atoms with Crippen LogP contribution in [0.3, 0.4) is 0 Å². The third-order valence-corrected chi connectivity index (χ3v) is 6.44. The number of urea groups is 1. The number of hydrogen-bond acceptors (Lipinski definition) is 5. The molecule has 190 valence electrons. The van der Waals surface area contributed by atoms with Gasteiger partial charge in [-0.05, 0) is 48.9 Å². The molecule has 3 atom stereocenters. The number of benzene rings is 2. The van der Waals surface area contributed by atoms with Crippen molar-refractivity contribution < 1.29 is 36.6 Å². The molecule has 0 radical (unpaired) electrons. The van der Waals surface area contributed by atoms with E-state index in [0.29, 0.717) is 48.0 Å². The van der Waals surface area contributed by atoms with E-state index in [1.165, 1.54) is 0 Å². The summed E-state index contributed by atoms with van der Waals surface area (Å²) >= 11 is 0. The van der Waals surface area contributed by atoms with Crippen LogP contribution in [0.4, 0.5) is 33.9 Å². The Morgan fingerprint density at radius 2 is 1.97 bits per heavy atom. The third kappa shape index (κ3) is 4.39. The molecule has 1 saturated carbocycles. The van der Waals surface area contributed by atoms with Crippen molar-refractivity contribution in [2.75, 3.05) is 10.6 Å². The number of pyridine rings is 1. The fraction of sp³-hybridized carbons (Fsp3) is 0.240. The Morgan fingerprint density at radius 3 is 2.78 bits per heavy atom. The minimum absolute atomic E-state index is 0.104. The monoisotopic (exact) mass is 514 g/mol. The van der Waals surface area contributed by atoms with Crippen molar-refractivity contribution in [3.8, 4) is 17.2 Å². The summed E-state index contributed by atoms with van der Waals surface area (Å²) in [4.78, 5) is 28.2. The number of hydrogen-bond donors (Lipinski definition) is 3. The minimum Gasteiger partial charge on any atom is -0.487 e. The molecule has 12 heteroatoms. The number of anilines is 2. The number of nitrogens with zero attached hydrogens (tertiary/aromatic N) is 1. The molecule has 0 unspecified atom stereocenters. The topological polar surface area (TPSA) is 102 Å². The number of aromatic nitrogens is 1. The van der Waals surface area contributed by atoms with Gasteiger partial charge in [-0.2, -0.15) is 13.2 Å². The zero-order chi connectivity index (χ0) is 25.9. The van der Waals surface area contributed by atoms with Crippen molar-refractivity contribution in [1.29, 1.82) is 0 Å². The molecule has 8 nitrogen and oxygen atoms in total. The molecule has 3 aromatic rings. The first-order chi connectivity index (χ1) is 17.7. The summed E-state index contributed by atoms with van der Waals surface area (Å²) < 4.78 is 64.4. The van der Waals surface area contributed by atoms with Crippen molar-refractivity contribution in [1.82, 2.24) is 10.3 Å². The summed E-state index contributed by atoms with van der Waals surface area (Å²) in [7, 11) is 0. The van der Waals surface area contributed by atoms with Gasteiger partial charge in [-0.15, -0.1) is 0 Å².